The van der Waals surface area contributed by atoms with Gasteiger partial charge in [0.1, 0.15) is 11.4 Å². The first kappa shape index (κ1) is 16.4. The maximum Gasteiger partial charge on any atom is 0.286 e. The molecule has 0 heterocycles. The molecule has 0 aliphatic heterocycles. The second-order valence-corrected chi connectivity index (χ2v) is 5.91. The number of nitroso groups, excluding NO2 is 1. The molecule has 0 aromatic heterocycles. The molecule has 1 atom stereocenters. The Morgan fingerprint density at radius 3 is 2.40 bits per heavy atom. The second-order valence-electron chi connectivity index (χ2n) is 4.34. The Balaban J connectivity index is 3.26. The van der Waals surface area contributed by atoms with Crippen molar-refractivity contribution in [2.24, 2.45) is 5.18 Å². The van der Waals surface area contributed by atoms with Crippen LogP contribution in [0.3, 0.4) is 0 Å². The van der Waals surface area contributed by atoms with Crippen LogP contribution >= 0.6 is 0 Å². The summed E-state index contributed by atoms with van der Waals surface area (Å²) >= 11 is 0. The van der Waals surface area contributed by atoms with Crippen LogP contribution in [-0.4, -0.2) is 30.0 Å². The molecule has 0 spiro atoms. The first-order valence-electron chi connectivity index (χ1n) is 6.24. The van der Waals surface area contributed by atoms with Crippen LogP contribution in [0.1, 0.15) is 26.7 Å². The third-order valence-corrected chi connectivity index (χ3v) is 4.17. The maximum absolute atomic E-state index is 11.4. The summed E-state index contributed by atoms with van der Waals surface area (Å²) < 4.78 is 32.2. The number of hydrogen-bond acceptors (Lipinski definition) is 6. The maximum atomic E-state index is 11.4. The van der Waals surface area contributed by atoms with Gasteiger partial charge in [-0.1, -0.05) is 13.8 Å². The number of benzene rings is 1. The lowest BCUT2D eigenvalue weighted by molar-refractivity contribution is 0.457. The fraction of sp³-hybridized carbons (Fsp3) is 0.500. The number of anilines is 1. The zero-order valence-corrected chi connectivity index (χ0v) is 12.2. The van der Waals surface area contributed by atoms with Gasteiger partial charge in [0, 0.05) is 18.3 Å². The zero-order chi connectivity index (χ0) is 15.3. The number of aromatic hydroxyl groups is 1. The van der Waals surface area contributed by atoms with E-state index in [1.165, 1.54) is 23.1 Å². The van der Waals surface area contributed by atoms with E-state index in [2.05, 4.69) is 5.18 Å². The molecule has 0 radical (unpaired) electrons. The molecule has 0 saturated heterocycles. The van der Waals surface area contributed by atoms with Gasteiger partial charge in [0.2, 0.25) is 0 Å². The van der Waals surface area contributed by atoms with Crippen molar-refractivity contribution in [1.29, 1.82) is 0 Å². The van der Waals surface area contributed by atoms with Crippen LogP contribution in [0, 0.1) is 4.91 Å². The summed E-state index contributed by atoms with van der Waals surface area (Å²) in [5.74, 6) is -0.330. The molecule has 20 heavy (non-hydrogen) atoms. The summed E-state index contributed by atoms with van der Waals surface area (Å²) in [7, 11) is -4.25. The average Bonchev–Trinajstić information content (AvgIpc) is 2.37. The van der Waals surface area contributed by atoms with Crippen LogP contribution in [0.4, 0.5) is 11.4 Å². The van der Waals surface area contributed by atoms with Crippen molar-refractivity contribution >= 4 is 21.5 Å². The number of nitrogens with zero attached hydrogens (tertiary/aromatic N) is 2. The molecular weight excluding hydrogens is 284 g/mol. The van der Waals surface area contributed by atoms with Crippen LogP contribution in [0.25, 0.3) is 0 Å². The first-order valence-corrected chi connectivity index (χ1v) is 7.74. The Morgan fingerprint density at radius 1 is 1.35 bits per heavy atom. The highest BCUT2D eigenvalue weighted by molar-refractivity contribution is 7.86. The molecule has 0 aliphatic carbocycles. The van der Waals surface area contributed by atoms with Gasteiger partial charge >= 0.3 is 0 Å². The Hall–Kier alpha value is -1.67. The minimum absolute atomic E-state index is 0.120. The van der Waals surface area contributed by atoms with E-state index in [-0.39, 0.29) is 17.9 Å². The van der Waals surface area contributed by atoms with Crippen LogP contribution in [0.15, 0.2) is 23.4 Å². The van der Waals surface area contributed by atoms with Crippen molar-refractivity contribution in [1.82, 2.24) is 0 Å². The van der Waals surface area contributed by atoms with Crippen LogP contribution in [0.5, 0.6) is 5.75 Å². The first-order chi connectivity index (χ1) is 9.35. The Morgan fingerprint density at radius 2 is 2.00 bits per heavy atom. The van der Waals surface area contributed by atoms with Crippen molar-refractivity contribution in [3.05, 3.63) is 23.1 Å². The fourth-order valence-electron chi connectivity index (χ4n) is 2.04. The molecule has 7 nitrogen and oxygen atoms in total. The fourth-order valence-corrected chi connectivity index (χ4v) is 3.01. The summed E-state index contributed by atoms with van der Waals surface area (Å²) in [6.07, 6.45) is 0.841. The summed E-state index contributed by atoms with van der Waals surface area (Å²) in [5, 5.41) is 11.2. The van der Waals surface area contributed by atoms with Gasteiger partial charge in [-0.3, -0.25) is 4.55 Å². The Labute approximate surface area is 117 Å². The van der Waals surface area contributed by atoms with E-state index in [4.69, 9.17) is 0 Å². The van der Waals surface area contributed by atoms with E-state index in [0.717, 1.165) is 0 Å². The molecule has 0 aliphatic rings. The molecule has 0 bridgehead atoms. The van der Waals surface area contributed by atoms with Gasteiger partial charge in [0.05, 0.1) is 0 Å². The monoisotopic (exact) mass is 302 g/mol. The molecule has 1 rings (SSSR count). The topological polar surface area (TPSA) is 107 Å². The highest BCUT2D eigenvalue weighted by atomic mass is 32.2. The number of phenols is 1. The largest absolute Gasteiger partial charge is 0.505 e. The van der Waals surface area contributed by atoms with E-state index >= 15 is 0 Å². The van der Waals surface area contributed by atoms with Gasteiger partial charge in [0.15, 0.2) is 5.37 Å². The molecular formula is C12H18N2O5S. The van der Waals surface area contributed by atoms with Crippen molar-refractivity contribution in [2.75, 3.05) is 11.4 Å². The molecule has 2 N–H and O–H groups in total. The second kappa shape index (κ2) is 6.67. The third-order valence-electron chi connectivity index (χ3n) is 2.89. The van der Waals surface area contributed by atoms with Crippen LogP contribution < -0.4 is 4.90 Å². The van der Waals surface area contributed by atoms with E-state index in [9.17, 15) is 23.0 Å². The molecule has 0 fully saturated rings. The smallest absolute Gasteiger partial charge is 0.286 e. The standard InChI is InChI=1S/C12H18N2O5S/c1-3-7-14(12(4-2)20(17,18)19)9-5-6-10(13-16)11(15)8-9/h5-6,8,12,15H,3-4,7H2,1-2H3,(H,17,18,19). The zero-order valence-electron chi connectivity index (χ0n) is 11.4. The normalized spacial score (nSPS) is 12.9. The molecule has 1 unspecified atom stereocenters. The number of rotatable bonds is 7. The van der Waals surface area contributed by atoms with Gasteiger partial charge in [-0.2, -0.15) is 8.42 Å². The summed E-state index contributed by atoms with van der Waals surface area (Å²) in [5.41, 5.74) is 0.284. The lowest BCUT2D eigenvalue weighted by atomic mass is 10.2. The Kier molecular flexibility index (Phi) is 5.46. The Bertz CT molecular complexity index is 573. The minimum atomic E-state index is -4.25. The minimum Gasteiger partial charge on any atom is -0.505 e. The van der Waals surface area contributed by atoms with Crippen molar-refractivity contribution < 1.29 is 18.1 Å². The van der Waals surface area contributed by atoms with E-state index in [0.29, 0.717) is 18.7 Å². The highest BCUT2D eigenvalue weighted by Crippen LogP contribution is 2.32. The lowest BCUT2D eigenvalue weighted by Gasteiger charge is -2.30. The van der Waals surface area contributed by atoms with E-state index in [1.54, 1.807) is 6.92 Å². The quantitative estimate of drug-likeness (QED) is 0.592. The predicted molar refractivity (Wildman–Crippen MR) is 76.8 cm³/mol. The van der Waals surface area contributed by atoms with E-state index in [1.807, 2.05) is 6.92 Å². The molecule has 0 saturated carbocycles. The van der Waals surface area contributed by atoms with Crippen molar-refractivity contribution in [3.8, 4) is 5.75 Å². The molecule has 0 amide bonds. The molecule has 112 valence electrons. The predicted octanol–water partition coefficient (Wildman–Crippen LogP) is 2.63. The molecule has 1 aromatic rings. The van der Waals surface area contributed by atoms with Gasteiger partial charge in [-0.05, 0) is 30.2 Å². The third kappa shape index (κ3) is 3.67. The average molecular weight is 302 g/mol. The van der Waals surface area contributed by atoms with Crippen LogP contribution in [0.2, 0.25) is 0 Å². The van der Waals surface area contributed by atoms with Crippen LogP contribution in [-0.2, 0) is 10.1 Å². The van der Waals surface area contributed by atoms with Gasteiger partial charge in [0.25, 0.3) is 10.1 Å². The molecule has 8 heteroatoms. The van der Waals surface area contributed by atoms with Crippen molar-refractivity contribution in [3.63, 3.8) is 0 Å². The highest BCUT2D eigenvalue weighted by Gasteiger charge is 2.28. The number of hydrogen-bond donors (Lipinski definition) is 2. The number of phenolic OH excluding ortho intramolecular Hbond substituents is 1. The van der Waals surface area contributed by atoms with Gasteiger partial charge in [-0.25, -0.2) is 0 Å². The summed E-state index contributed by atoms with van der Waals surface area (Å²) in [6, 6.07) is 4.05. The summed E-state index contributed by atoms with van der Waals surface area (Å²) in [4.78, 5) is 11.9. The SMILES string of the molecule is CCCN(c1ccc(N=O)c(O)c1)C(CC)S(=O)(=O)O. The van der Waals surface area contributed by atoms with E-state index < -0.39 is 15.5 Å². The van der Waals surface area contributed by atoms with Gasteiger partial charge in [-0.15, -0.1) is 4.91 Å². The van der Waals surface area contributed by atoms with Gasteiger partial charge < -0.3 is 10.0 Å². The molecule has 1 aromatic carbocycles. The summed E-state index contributed by atoms with van der Waals surface area (Å²) in [6.45, 7) is 3.89. The van der Waals surface area contributed by atoms with Crippen molar-refractivity contribution in [2.45, 2.75) is 32.1 Å². The lowest BCUT2D eigenvalue weighted by Crippen LogP contribution is -2.41.